The number of morpholine rings is 1. The molecule has 6 aromatic rings. The summed E-state index contributed by atoms with van der Waals surface area (Å²) in [7, 11) is 1.47. The molecule has 3 aliphatic rings. The second-order valence-electron chi connectivity index (χ2n) is 15.5. The third-order valence-corrected chi connectivity index (χ3v) is 12.1. The van der Waals surface area contributed by atoms with E-state index in [1.165, 1.54) is 24.5 Å². The Kier molecular flexibility index (Phi) is 12.3. The highest BCUT2D eigenvalue weighted by molar-refractivity contribution is 7.13. The number of methoxy groups -OCH3 is 1. The summed E-state index contributed by atoms with van der Waals surface area (Å²) >= 11 is 1.30. The van der Waals surface area contributed by atoms with Crippen molar-refractivity contribution in [1.29, 1.82) is 0 Å². The first-order valence-corrected chi connectivity index (χ1v) is 21.7. The van der Waals surface area contributed by atoms with Gasteiger partial charge >= 0.3 is 0 Å². The van der Waals surface area contributed by atoms with E-state index in [0.717, 1.165) is 37.5 Å². The molecule has 7 heterocycles. The normalized spacial score (nSPS) is 16.1. The van der Waals surface area contributed by atoms with Gasteiger partial charge in [-0.25, -0.2) is 15.0 Å². The Morgan fingerprint density at radius 1 is 0.857 bits per heavy atom. The Balaban J connectivity index is 1.14. The predicted molar refractivity (Wildman–Crippen MR) is 237 cm³/mol. The number of imidazole rings is 2. The number of ether oxygens (including phenoxy) is 3. The molecule has 4 amide bonds. The van der Waals surface area contributed by atoms with Gasteiger partial charge in [0.05, 0.1) is 53.4 Å². The number of fused-ring (bicyclic) bond motifs is 4. The Labute approximate surface area is 366 Å². The number of rotatable bonds is 18. The van der Waals surface area contributed by atoms with Crippen molar-refractivity contribution >= 4 is 68.9 Å². The summed E-state index contributed by atoms with van der Waals surface area (Å²) in [5, 5.41) is 11.1. The van der Waals surface area contributed by atoms with E-state index in [4.69, 9.17) is 35.6 Å². The van der Waals surface area contributed by atoms with E-state index in [1.54, 1.807) is 33.5 Å². The number of aromatic nitrogens is 7. The van der Waals surface area contributed by atoms with Crippen LogP contribution in [0.25, 0.3) is 22.1 Å². The van der Waals surface area contributed by atoms with E-state index in [0.29, 0.717) is 87.3 Å². The van der Waals surface area contributed by atoms with Crippen LogP contribution in [0.4, 0.5) is 11.9 Å². The molecule has 2 bridgehead atoms. The van der Waals surface area contributed by atoms with Crippen LogP contribution in [-0.4, -0.2) is 108 Å². The number of hydrogen-bond acceptors (Lipinski definition) is 13. The van der Waals surface area contributed by atoms with Crippen LogP contribution in [0.1, 0.15) is 84.0 Å². The van der Waals surface area contributed by atoms with Gasteiger partial charge in [0.1, 0.15) is 33.1 Å². The number of anilines is 2. The van der Waals surface area contributed by atoms with Crippen molar-refractivity contribution in [1.82, 2.24) is 38.8 Å². The van der Waals surface area contributed by atoms with Crippen LogP contribution in [0.2, 0.25) is 0 Å². The lowest BCUT2D eigenvalue weighted by Crippen LogP contribution is -2.57. The van der Waals surface area contributed by atoms with Crippen LogP contribution >= 0.6 is 11.3 Å². The van der Waals surface area contributed by atoms with Crippen molar-refractivity contribution in [3.63, 3.8) is 0 Å². The quantitative estimate of drug-likeness (QED) is 0.0692. The highest BCUT2D eigenvalue weighted by Crippen LogP contribution is 2.34. The first-order chi connectivity index (χ1) is 30.3. The lowest BCUT2D eigenvalue weighted by Gasteiger charge is -2.47. The van der Waals surface area contributed by atoms with E-state index in [-0.39, 0.29) is 42.0 Å². The van der Waals surface area contributed by atoms with Crippen LogP contribution in [0.3, 0.4) is 0 Å². The third-order valence-electron chi connectivity index (χ3n) is 11.1. The fourth-order valence-electron chi connectivity index (χ4n) is 8.19. The van der Waals surface area contributed by atoms with Crippen LogP contribution < -0.4 is 31.6 Å². The van der Waals surface area contributed by atoms with Crippen molar-refractivity contribution in [3.8, 4) is 11.5 Å². The number of allylic oxidation sites excluding steroid dienone is 2. The van der Waals surface area contributed by atoms with Gasteiger partial charge in [-0.3, -0.25) is 39.4 Å². The second-order valence-corrected chi connectivity index (χ2v) is 16.7. The van der Waals surface area contributed by atoms with E-state index < -0.39 is 17.7 Å². The first-order valence-electron chi connectivity index (χ1n) is 20.8. The van der Waals surface area contributed by atoms with Gasteiger partial charge in [0.15, 0.2) is 0 Å². The van der Waals surface area contributed by atoms with Crippen molar-refractivity contribution in [3.05, 3.63) is 80.6 Å². The monoisotopic (exact) mass is 878 g/mol. The first kappa shape index (κ1) is 43.0. The summed E-state index contributed by atoms with van der Waals surface area (Å²) < 4.78 is 23.1. The molecule has 0 saturated carbocycles. The number of amides is 4. The number of nitrogens with two attached hydrogens (primary N) is 2. The number of nitrogens with one attached hydrogen (secondary N) is 2. The van der Waals surface area contributed by atoms with Gasteiger partial charge < -0.3 is 34.8 Å². The number of benzene rings is 2. The van der Waals surface area contributed by atoms with Gasteiger partial charge in [0.25, 0.3) is 11.8 Å². The molecule has 3 aliphatic heterocycles. The van der Waals surface area contributed by atoms with Crippen molar-refractivity contribution in [2.75, 3.05) is 44.0 Å². The average molecular weight is 879 g/mol. The molecule has 3 saturated heterocycles. The zero-order chi connectivity index (χ0) is 44.5. The minimum atomic E-state index is -0.663. The maximum absolute atomic E-state index is 13.9. The number of primary amides is 2. The fraction of sp³-hybridized carbons (Fsp3) is 0.395. The SMILES string of the molecule is CCc1nc(C)sc1C(=O)Nc1nc2cc(C(N)=O)cc(OCCCN3CC4CC(C3)O4)c2n1C/C=C/Cn1c(NC(=O)c2cc(C)nn2CC)nc2cc(C(N)=O)cc(OC)c21. The zero-order valence-corrected chi connectivity index (χ0v) is 36.6. The molecule has 0 aliphatic carbocycles. The molecule has 19 nitrogen and oxygen atoms in total. The van der Waals surface area contributed by atoms with Gasteiger partial charge in [-0.1, -0.05) is 19.1 Å². The van der Waals surface area contributed by atoms with Gasteiger partial charge in [-0.2, -0.15) is 5.10 Å². The minimum absolute atomic E-state index is 0.178. The predicted octanol–water partition coefficient (Wildman–Crippen LogP) is 4.45. The molecule has 63 heavy (non-hydrogen) atoms. The molecule has 330 valence electrons. The molecule has 6 N–H and O–H groups in total. The standard InChI is InChI=1S/C43H50N12O7S/c1-6-29-37(63-24(4)46-29)41(59)50-43-48-31-17-26(39(45)57)19-34(61-14-10-11-52-21-27-20-28(22-52)62-27)36(31)54(43)13-9-8-12-53-35-30(16-25(38(44)56)18-33(35)60-5)47-42(53)49-40(58)32-15-23(3)51-55(32)7-2/h8-9,15-19,27-28H,6-7,10-14,20-22H2,1-5H3,(H2,44,56)(H2,45,57)(H,47,49,58)(H,48,50,59)/b9-8+. The number of aryl methyl sites for hydroxylation is 4. The van der Waals surface area contributed by atoms with Crippen LogP contribution in [0.5, 0.6) is 11.5 Å². The molecule has 4 aromatic heterocycles. The average Bonchev–Trinajstić information content (AvgIpc) is 4.02. The van der Waals surface area contributed by atoms with Gasteiger partial charge in [-0.05, 0) is 63.9 Å². The van der Waals surface area contributed by atoms with Crippen molar-refractivity contribution in [2.45, 2.75) is 78.8 Å². The Morgan fingerprint density at radius 3 is 2.02 bits per heavy atom. The Bertz CT molecular complexity index is 2770. The lowest BCUT2D eigenvalue weighted by molar-refractivity contribution is -0.180. The van der Waals surface area contributed by atoms with E-state index in [2.05, 4.69) is 25.6 Å². The summed E-state index contributed by atoms with van der Waals surface area (Å²) in [5.74, 6) is -0.985. The van der Waals surface area contributed by atoms with Crippen LogP contribution in [0, 0.1) is 13.8 Å². The maximum atomic E-state index is 13.9. The van der Waals surface area contributed by atoms with Crippen molar-refractivity contribution in [2.24, 2.45) is 11.5 Å². The highest BCUT2D eigenvalue weighted by Gasteiger charge is 2.37. The van der Waals surface area contributed by atoms with Gasteiger partial charge in [0, 0.05) is 56.8 Å². The van der Waals surface area contributed by atoms with E-state index >= 15 is 0 Å². The number of carbonyl (C=O) groups is 4. The molecule has 2 unspecified atom stereocenters. The third kappa shape index (κ3) is 8.86. The molecule has 9 rings (SSSR count). The summed E-state index contributed by atoms with van der Waals surface area (Å²) in [6, 6.07) is 7.96. The molecule has 20 heteroatoms. The van der Waals surface area contributed by atoms with Gasteiger partial charge in [-0.15, -0.1) is 11.3 Å². The molecular weight excluding hydrogens is 829 g/mol. The number of nitrogens with zero attached hydrogens (tertiary/aromatic N) is 8. The number of hydrogen-bond donors (Lipinski definition) is 4. The zero-order valence-electron chi connectivity index (χ0n) is 35.8. The van der Waals surface area contributed by atoms with Crippen molar-refractivity contribution < 1.29 is 33.4 Å². The van der Waals surface area contributed by atoms with E-state index in [9.17, 15) is 19.2 Å². The molecule has 2 aromatic carbocycles. The number of carbonyl (C=O) groups excluding carboxylic acids is 4. The molecule has 2 atom stereocenters. The summed E-state index contributed by atoms with van der Waals surface area (Å²) in [6.07, 6.45) is 6.74. The molecular formula is C43H50N12O7S. The van der Waals surface area contributed by atoms with Gasteiger partial charge in [0.2, 0.25) is 23.7 Å². The molecule has 0 radical (unpaired) electrons. The minimum Gasteiger partial charge on any atom is -0.494 e. The van der Waals surface area contributed by atoms with Crippen LogP contribution in [-0.2, 0) is 30.8 Å². The maximum Gasteiger partial charge on any atom is 0.276 e. The molecule has 0 spiro atoms. The fourth-order valence-corrected chi connectivity index (χ4v) is 9.09. The topological polar surface area (TPSA) is 242 Å². The van der Waals surface area contributed by atoms with Crippen LogP contribution in [0.15, 0.2) is 42.5 Å². The largest absolute Gasteiger partial charge is 0.494 e. The number of piperidine rings is 1. The summed E-state index contributed by atoms with van der Waals surface area (Å²) in [4.78, 5) is 69.3. The Hall–Kier alpha value is -6.64. The number of thiazole rings is 1. The Morgan fingerprint density at radius 2 is 1.44 bits per heavy atom. The second kappa shape index (κ2) is 18.0. The molecule has 3 fully saturated rings. The van der Waals surface area contributed by atoms with E-state index in [1.807, 2.05) is 44.4 Å². The lowest BCUT2D eigenvalue weighted by atomic mass is 9.99. The highest BCUT2D eigenvalue weighted by atomic mass is 32.1. The smallest absolute Gasteiger partial charge is 0.276 e. The summed E-state index contributed by atoms with van der Waals surface area (Å²) in [6.45, 7) is 11.3. The summed E-state index contributed by atoms with van der Waals surface area (Å²) in [5.41, 5.74) is 15.4.